The highest BCUT2D eigenvalue weighted by Gasteiger charge is 2.31. The number of rotatable bonds is 2. The standard InChI is InChI=1S/C12H14ClNO2/c1-6-3-4-9(13)8-5-10(14-11(6)8)7(2)12(15)16/h3-4,7,10,14H,5H2,1-2H3,(H,15,16). The smallest absolute Gasteiger partial charge is 0.308 e. The molecule has 1 heterocycles. The number of carboxylic acids is 1. The number of halogens is 1. The van der Waals surface area contributed by atoms with E-state index in [0.717, 1.165) is 16.8 Å². The van der Waals surface area contributed by atoms with Crippen molar-refractivity contribution >= 4 is 23.3 Å². The molecular formula is C12H14ClNO2. The van der Waals surface area contributed by atoms with Gasteiger partial charge in [0.15, 0.2) is 0 Å². The molecule has 2 N–H and O–H groups in total. The summed E-state index contributed by atoms with van der Waals surface area (Å²) in [5.74, 6) is -1.19. The van der Waals surface area contributed by atoms with Gasteiger partial charge in [-0.1, -0.05) is 17.7 Å². The number of hydrogen-bond acceptors (Lipinski definition) is 2. The molecule has 0 saturated heterocycles. The van der Waals surface area contributed by atoms with Gasteiger partial charge in [-0.3, -0.25) is 4.79 Å². The highest BCUT2D eigenvalue weighted by molar-refractivity contribution is 6.31. The van der Waals surface area contributed by atoms with Crippen LogP contribution in [0.15, 0.2) is 12.1 Å². The van der Waals surface area contributed by atoms with Gasteiger partial charge in [0, 0.05) is 16.8 Å². The van der Waals surface area contributed by atoms with Crippen molar-refractivity contribution in [2.45, 2.75) is 26.3 Å². The van der Waals surface area contributed by atoms with Crippen LogP contribution in [0, 0.1) is 12.8 Å². The minimum Gasteiger partial charge on any atom is -0.481 e. The van der Waals surface area contributed by atoms with Crippen LogP contribution in [0.2, 0.25) is 5.02 Å². The topological polar surface area (TPSA) is 49.3 Å². The lowest BCUT2D eigenvalue weighted by molar-refractivity contribution is -0.141. The molecule has 0 bridgehead atoms. The lowest BCUT2D eigenvalue weighted by Crippen LogP contribution is -2.30. The van der Waals surface area contributed by atoms with Crippen LogP contribution in [0.5, 0.6) is 0 Å². The number of carbonyl (C=O) groups is 1. The molecule has 0 aromatic heterocycles. The number of anilines is 1. The number of aryl methyl sites for hydroxylation is 1. The largest absolute Gasteiger partial charge is 0.481 e. The van der Waals surface area contributed by atoms with Gasteiger partial charge in [-0.05, 0) is 37.5 Å². The number of aliphatic carboxylic acids is 1. The molecule has 0 aliphatic carbocycles. The highest BCUT2D eigenvalue weighted by atomic mass is 35.5. The molecule has 0 fully saturated rings. The molecule has 3 nitrogen and oxygen atoms in total. The fourth-order valence-electron chi connectivity index (χ4n) is 2.07. The SMILES string of the molecule is Cc1ccc(Cl)c2c1NC(C(C)C(=O)O)C2. The Kier molecular flexibility index (Phi) is 2.80. The van der Waals surface area contributed by atoms with Gasteiger partial charge < -0.3 is 10.4 Å². The third-order valence-corrected chi connectivity index (χ3v) is 3.57. The van der Waals surface area contributed by atoms with E-state index in [2.05, 4.69) is 5.32 Å². The predicted molar refractivity (Wildman–Crippen MR) is 64.1 cm³/mol. The lowest BCUT2D eigenvalue weighted by atomic mass is 9.98. The molecule has 16 heavy (non-hydrogen) atoms. The van der Waals surface area contributed by atoms with Crippen LogP contribution in [0.3, 0.4) is 0 Å². The molecule has 2 atom stereocenters. The zero-order valence-corrected chi connectivity index (χ0v) is 10.0. The van der Waals surface area contributed by atoms with Crippen molar-refractivity contribution < 1.29 is 9.90 Å². The van der Waals surface area contributed by atoms with Gasteiger partial charge >= 0.3 is 5.97 Å². The Balaban J connectivity index is 2.30. The van der Waals surface area contributed by atoms with Crippen LogP contribution in [-0.2, 0) is 11.2 Å². The third kappa shape index (κ3) is 1.76. The summed E-state index contributed by atoms with van der Waals surface area (Å²) < 4.78 is 0. The molecule has 2 unspecified atom stereocenters. The average Bonchev–Trinajstić information content (AvgIpc) is 2.68. The van der Waals surface area contributed by atoms with Gasteiger partial charge in [0.05, 0.1) is 5.92 Å². The molecule has 2 rings (SSSR count). The minimum atomic E-state index is -0.779. The Hall–Kier alpha value is -1.22. The van der Waals surface area contributed by atoms with E-state index in [1.165, 1.54) is 0 Å². The summed E-state index contributed by atoms with van der Waals surface area (Å²) in [6.45, 7) is 3.71. The summed E-state index contributed by atoms with van der Waals surface area (Å²) in [6, 6.07) is 3.75. The molecule has 1 aromatic rings. The summed E-state index contributed by atoms with van der Waals surface area (Å²) in [6.07, 6.45) is 0.684. The summed E-state index contributed by atoms with van der Waals surface area (Å²) in [4.78, 5) is 10.9. The molecule has 1 aromatic carbocycles. The van der Waals surface area contributed by atoms with Crippen LogP contribution >= 0.6 is 11.6 Å². The van der Waals surface area contributed by atoms with Gasteiger partial charge in [0.2, 0.25) is 0 Å². The van der Waals surface area contributed by atoms with E-state index in [0.29, 0.717) is 11.4 Å². The molecule has 1 aliphatic rings. The lowest BCUT2D eigenvalue weighted by Gasteiger charge is -2.15. The van der Waals surface area contributed by atoms with Crippen LogP contribution < -0.4 is 5.32 Å². The van der Waals surface area contributed by atoms with Crippen LogP contribution in [-0.4, -0.2) is 17.1 Å². The first-order valence-electron chi connectivity index (χ1n) is 5.28. The number of nitrogens with one attached hydrogen (secondary N) is 1. The van der Waals surface area contributed by atoms with E-state index >= 15 is 0 Å². The first-order valence-corrected chi connectivity index (χ1v) is 5.66. The minimum absolute atomic E-state index is 0.0638. The van der Waals surface area contributed by atoms with Crippen molar-refractivity contribution in [1.29, 1.82) is 0 Å². The zero-order chi connectivity index (χ0) is 11.9. The van der Waals surface area contributed by atoms with Gasteiger partial charge in [0.1, 0.15) is 0 Å². The van der Waals surface area contributed by atoms with E-state index in [1.54, 1.807) is 6.92 Å². The van der Waals surface area contributed by atoms with Crippen molar-refractivity contribution in [2.24, 2.45) is 5.92 Å². The Labute approximate surface area is 99.4 Å². The molecule has 4 heteroatoms. The van der Waals surface area contributed by atoms with E-state index in [-0.39, 0.29) is 6.04 Å². The molecule has 0 saturated carbocycles. The van der Waals surface area contributed by atoms with Gasteiger partial charge in [-0.2, -0.15) is 0 Å². The monoisotopic (exact) mass is 239 g/mol. The molecule has 0 amide bonds. The second kappa shape index (κ2) is 3.98. The zero-order valence-electron chi connectivity index (χ0n) is 9.25. The normalized spacial score (nSPS) is 20.1. The summed E-state index contributed by atoms with van der Waals surface area (Å²) >= 11 is 6.10. The number of carboxylic acid groups (broad SMARTS) is 1. The Bertz CT molecular complexity index is 414. The fraction of sp³-hybridized carbons (Fsp3) is 0.417. The van der Waals surface area contributed by atoms with Crippen molar-refractivity contribution in [1.82, 2.24) is 0 Å². The van der Waals surface area contributed by atoms with Crippen molar-refractivity contribution in [3.05, 3.63) is 28.3 Å². The van der Waals surface area contributed by atoms with E-state index in [1.807, 2.05) is 19.1 Å². The number of benzene rings is 1. The molecule has 0 spiro atoms. The molecule has 86 valence electrons. The molecule has 1 aliphatic heterocycles. The third-order valence-electron chi connectivity index (χ3n) is 3.21. The second-order valence-electron chi connectivity index (χ2n) is 4.30. The van der Waals surface area contributed by atoms with Crippen LogP contribution in [0.4, 0.5) is 5.69 Å². The Morgan fingerprint density at radius 2 is 2.31 bits per heavy atom. The first-order chi connectivity index (χ1) is 7.50. The maximum atomic E-state index is 10.9. The number of fused-ring (bicyclic) bond motifs is 1. The van der Waals surface area contributed by atoms with Crippen molar-refractivity contribution in [3.8, 4) is 0 Å². The second-order valence-corrected chi connectivity index (χ2v) is 4.71. The van der Waals surface area contributed by atoms with E-state index < -0.39 is 11.9 Å². The summed E-state index contributed by atoms with van der Waals surface area (Å²) in [5, 5.41) is 13.0. The molecular weight excluding hydrogens is 226 g/mol. The van der Waals surface area contributed by atoms with Crippen LogP contribution in [0.1, 0.15) is 18.1 Å². The summed E-state index contributed by atoms with van der Waals surface area (Å²) in [5.41, 5.74) is 3.16. The number of hydrogen-bond donors (Lipinski definition) is 2. The summed E-state index contributed by atoms with van der Waals surface area (Å²) in [7, 11) is 0. The maximum Gasteiger partial charge on any atom is 0.308 e. The van der Waals surface area contributed by atoms with E-state index in [9.17, 15) is 4.79 Å². The highest BCUT2D eigenvalue weighted by Crippen LogP contribution is 2.36. The maximum absolute atomic E-state index is 10.9. The first kappa shape index (κ1) is 11.3. The van der Waals surface area contributed by atoms with Crippen molar-refractivity contribution in [2.75, 3.05) is 5.32 Å². The van der Waals surface area contributed by atoms with Crippen LogP contribution in [0.25, 0.3) is 0 Å². The van der Waals surface area contributed by atoms with Gasteiger partial charge in [0.25, 0.3) is 0 Å². The predicted octanol–water partition coefficient (Wildman–Crippen LogP) is 2.71. The van der Waals surface area contributed by atoms with Gasteiger partial charge in [-0.25, -0.2) is 0 Å². The quantitative estimate of drug-likeness (QED) is 0.834. The van der Waals surface area contributed by atoms with Crippen molar-refractivity contribution in [3.63, 3.8) is 0 Å². The average molecular weight is 240 g/mol. The van der Waals surface area contributed by atoms with Gasteiger partial charge in [-0.15, -0.1) is 0 Å². The molecule has 0 radical (unpaired) electrons. The fourth-order valence-corrected chi connectivity index (χ4v) is 2.30. The van der Waals surface area contributed by atoms with E-state index in [4.69, 9.17) is 16.7 Å². The Morgan fingerprint density at radius 1 is 1.62 bits per heavy atom. The Morgan fingerprint density at radius 3 is 2.88 bits per heavy atom.